The molecule has 0 fully saturated rings. The molecule has 0 unspecified atom stereocenters. The highest BCUT2D eigenvalue weighted by Crippen LogP contribution is 2.16. The zero-order chi connectivity index (χ0) is 13.9. The van der Waals surface area contributed by atoms with Crippen molar-refractivity contribution in [3.8, 4) is 0 Å². The number of benzene rings is 2. The van der Waals surface area contributed by atoms with Crippen molar-refractivity contribution in [2.45, 2.75) is 4.90 Å². The van der Waals surface area contributed by atoms with Gasteiger partial charge in [0.25, 0.3) is 10.0 Å². The Morgan fingerprint density at radius 2 is 1.74 bits per heavy atom. The first-order valence-electron chi connectivity index (χ1n) is 5.35. The van der Waals surface area contributed by atoms with Gasteiger partial charge < -0.3 is 0 Å². The Hall–Kier alpha value is -2.21. The number of anilines is 1. The van der Waals surface area contributed by atoms with Crippen molar-refractivity contribution in [2.75, 3.05) is 4.72 Å². The second kappa shape index (κ2) is 5.19. The first-order valence-corrected chi connectivity index (χ1v) is 6.83. The average Bonchev–Trinajstić information content (AvgIpc) is 2.41. The van der Waals surface area contributed by atoms with E-state index in [4.69, 9.17) is 0 Å². The lowest BCUT2D eigenvalue weighted by Gasteiger charge is -2.08. The van der Waals surface area contributed by atoms with Crippen molar-refractivity contribution in [1.29, 1.82) is 0 Å². The fourth-order valence-electron chi connectivity index (χ4n) is 1.49. The summed E-state index contributed by atoms with van der Waals surface area (Å²) in [5, 5.41) is 0. The lowest BCUT2D eigenvalue weighted by Crippen LogP contribution is -2.13. The smallest absolute Gasteiger partial charge is 0.261 e. The molecule has 0 aliphatic carbocycles. The van der Waals surface area contributed by atoms with E-state index in [1.807, 2.05) is 0 Å². The van der Waals surface area contributed by atoms with E-state index in [0.717, 1.165) is 12.1 Å². The van der Waals surface area contributed by atoms with Gasteiger partial charge in [-0.15, -0.1) is 0 Å². The van der Waals surface area contributed by atoms with Gasteiger partial charge >= 0.3 is 0 Å². The highest BCUT2D eigenvalue weighted by atomic mass is 32.2. The third kappa shape index (κ3) is 3.17. The van der Waals surface area contributed by atoms with Crippen molar-refractivity contribution in [1.82, 2.24) is 0 Å². The maximum atomic E-state index is 12.7. The lowest BCUT2D eigenvalue weighted by molar-refractivity contribution is 0.112. The number of carbonyl (C=O) groups excluding carboxylic acids is 1. The Kier molecular flexibility index (Phi) is 3.62. The van der Waals surface area contributed by atoms with E-state index in [-0.39, 0.29) is 16.1 Å². The molecule has 0 heterocycles. The molecule has 0 spiro atoms. The van der Waals surface area contributed by atoms with E-state index in [0.29, 0.717) is 6.29 Å². The number of hydrogen-bond acceptors (Lipinski definition) is 3. The summed E-state index contributed by atoms with van der Waals surface area (Å²) in [5.41, 5.74) is 0.514. The Labute approximate surface area is 109 Å². The van der Waals surface area contributed by atoms with Gasteiger partial charge in [0, 0.05) is 11.3 Å². The minimum absolute atomic E-state index is 0.0265. The first kappa shape index (κ1) is 13.2. The number of carbonyl (C=O) groups is 1. The zero-order valence-electron chi connectivity index (χ0n) is 9.71. The van der Waals surface area contributed by atoms with Crippen molar-refractivity contribution in [3.05, 3.63) is 59.9 Å². The molecule has 0 aliphatic rings. The van der Waals surface area contributed by atoms with Gasteiger partial charge in [0.2, 0.25) is 0 Å². The molecule has 0 aliphatic heterocycles. The van der Waals surface area contributed by atoms with E-state index < -0.39 is 15.8 Å². The van der Waals surface area contributed by atoms with Crippen LogP contribution in [-0.4, -0.2) is 14.7 Å². The normalized spacial score (nSPS) is 11.0. The van der Waals surface area contributed by atoms with Crippen LogP contribution >= 0.6 is 0 Å². The van der Waals surface area contributed by atoms with Gasteiger partial charge in [0.1, 0.15) is 12.1 Å². The molecule has 6 heteroatoms. The fourth-order valence-corrected chi connectivity index (χ4v) is 2.60. The van der Waals surface area contributed by atoms with E-state index in [1.165, 1.54) is 36.4 Å². The van der Waals surface area contributed by atoms with E-state index in [2.05, 4.69) is 4.72 Å². The van der Waals surface area contributed by atoms with Crippen LogP contribution in [0.5, 0.6) is 0 Å². The predicted molar refractivity (Wildman–Crippen MR) is 69.0 cm³/mol. The number of hydrogen-bond donors (Lipinski definition) is 1. The maximum Gasteiger partial charge on any atom is 0.261 e. The number of sulfonamides is 1. The first-order chi connectivity index (χ1) is 9.01. The van der Waals surface area contributed by atoms with Crippen LogP contribution in [-0.2, 0) is 10.0 Å². The Bertz CT molecular complexity index is 696. The van der Waals surface area contributed by atoms with Crippen molar-refractivity contribution >= 4 is 22.0 Å². The quantitative estimate of drug-likeness (QED) is 0.874. The van der Waals surface area contributed by atoms with Gasteiger partial charge in [0.05, 0.1) is 4.90 Å². The van der Waals surface area contributed by atoms with Crippen LogP contribution in [0.3, 0.4) is 0 Å². The predicted octanol–water partition coefficient (Wildman–Crippen LogP) is 2.44. The van der Waals surface area contributed by atoms with Crippen LogP contribution in [0.15, 0.2) is 53.4 Å². The standard InChI is InChI=1S/C13H10FNO3S/c14-11-4-6-12(7-5-11)15-19(17,18)13-3-1-2-10(8-13)9-16/h1-9,15H. The average molecular weight is 279 g/mol. The highest BCUT2D eigenvalue weighted by molar-refractivity contribution is 7.92. The second-order valence-corrected chi connectivity index (χ2v) is 5.49. The summed E-state index contributed by atoms with van der Waals surface area (Å²) in [5.74, 6) is -0.453. The van der Waals surface area contributed by atoms with Gasteiger partial charge in [-0.05, 0) is 36.4 Å². The van der Waals surface area contributed by atoms with E-state index >= 15 is 0 Å². The Morgan fingerprint density at radius 1 is 1.05 bits per heavy atom. The third-order valence-corrected chi connectivity index (χ3v) is 3.78. The van der Waals surface area contributed by atoms with Gasteiger partial charge in [-0.2, -0.15) is 0 Å². The van der Waals surface area contributed by atoms with Crippen molar-refractivity contribution < 1.29 is 17.6 Å². The molecule has 0 amide bonds. The molecule has 0 saturated heterocycles. The fraction of sp³-hybridized carbons (Fsp3) is 0. The van der Waals surface area contributed by atoms with Crippen LogP contribution in [0.2, 0.25) is 0 Å². The number of halogens is 1. The highest BCUT2D eigenvalue weighted by Gasteiger charge is 2.14. The number of rotatable bonds is 4. The van der Waals surface area contributed by atoms with Crippen molar-refractivity contribution in [2.24, 2.45) is 0 Å². The molecule has 0 bridgehead atoms. The second-order valence-electron chi connectivity index (χ2n) is 3.80. The Balaban J connectivity index is 2.31. The molecule has 98 valence electrons. The molecule has 2 aromatic carbocycles. The van der Waals surface area contributed by atoms with E-state index in [9.17, 15) is 17.6 Å². The molecule has 1 N–H and O–H groups in total. The summed E-state index contributed by atoms with van der Waals surface area (Å²) in [6.07, 6.45) is 0.566. The van der Waals surface area contributed by atoms with Gasteiger partial charge in [-0.3, -0.25) is 9.52 Å². The maximum absolute atomic E-state index is 12.7. The van der Waals surface area contributed by atoms with Gasteiger partial charge in [0.15, 0.2) is 0 Å². The largest absolute Gasteiger partial charge is 0.298 e. The monoisotopic (exact) mass is 279 g/mol. The van der Waals surface area contributed by atoms with Crippen molar-refractivity contribution in [3.63, 3.8) is 0 Å². The molecule has 0 radical (unpaired) electrons. The lowest BCUT2D eigenvalue weighted by atomic mass is 10.2. The molecule has 0 atom stereocenters. The molecule has 19 heavy (non-hydrogen) atoms. The van der Waals surface area contributed by atoms with Crippen LogP contribution in [0.1, 0.15) is 10.4 Å². The minimum atomic E-state index is -3.79. The molecule has 2 aromatic rings. The molecular weight excluding hydrogens is 269 g/mol. The zero-order valence-corrected chi connectivity index (χ0v) is 10.5. The SMILES string of the molecule is O=Cc1cccc(S(=O)(=O)Nc2ccc(F)cc2)c1. The number of nitrogens with one attached hydrogen (secondary N) is 1. The summed E-state index contributed by atoms with van der Waals surface area (Å²) in [6, 6.07) is 10.6. The van der Waals surface area contributed by atoms with Crippen LogP contribution in [0.25, 0.3) is 0 Å². The minimum Gasteiger partial charge on any atom is -0.298 e. The molecule has 0 aromatic heterocycles. The van der Waals surface area contributed by atoms with Crippen LogP contribution in [0.4, 0.5) is 10.1 Å². The van der Waals surface area contributed by atoms with Gasteiger partial charge in [-0.1, -0.05) is 12.1 Å². The van der Waals surface area contributed by atoms with E-state index in [1.54, 1.807) is 0 Å². The Morgan fingerprint density at radius 3 is 2.37 bits per heavy atom. The molecule has 0 saturated carbocycles. The molecule has 4 nitrogen and oxygen atoms in total. The third-order valence-electron chi connectivity index (χ3n) is 2.40. The van der Waals surface area contributed by atoms with Gasteiger partial charge in [-0.25, -0.2) is 12.8 Å². The summed E-state index contributed by atoms with van der Waals surface area (Å²) in [6.45, 7) is 0. The number of aldehydes is 1. The van der Waals surface area contributed by atoms with Crippen LogP contribution in [0, 0.1) is 5.82 Å². The topological polar surface area (TPSA) is 63.2 Å². The van der Waals surface area contributed by atoms with Crippen LogP contribution < -0.4 is 4.72 Å². The summed E-state index contributed by atoms with van der Waals surface area (Å²) >= 11 is 0. The summed E-state index contributed by atoms with van der Waals surface area (Å²) in [4.78, 5) is 10.6. The summed E-state index contributed by atoms with van der Waals surface area (Å²) < 4.78 is 39.1. The summed E-state index contributed by atoms with van der Waals surface area (Å²) in [7, 11) is -3.79. The molecular formula is C13H10FNO3S. The molecule has 2 rings (SSSR count).